The number of hydrogen-bond acceptors (Lipinski definition) is 2. The molecule has 0 unspecified atom stereocenters. The Morgan fingerprint density at radius 1 is 1.11 bits per heavy atom. The monoisotopic (exact) mass is 277 g/mol. The largest absolute Gasteiger partial charge is 0.313 e. The highest BCUT2D eigenvalue weighted by atomic mass is 35.5. The lowest BCUT2D eigenvalue weighted by atomic mass is 10.2. The molecular formula is C15H16ClNS. The fourth-order valence-corrected chi connectivity index (χ4v) is 2.89. The second-order valence-electron chi connectivity index (χ2n) is 3.95. The molecule has 0 bridgehead atoms. The van der Waals surface area contributed by atoms with Crippen molar-refractivity contribution in [2.75, 3.05) is 6.54 Å². The Bertz CT molecular complexity index is 499. The van der Waals surface area contributed by atoms with Gasteiger partial charge >= 0.3 is 0 Å². The first-order chi connectivity index (χ1) is 8.79. The van der Waals surface area contributed by atoms with Crippen LogP contribution in [0.25, 0.3) is 0 Å². The van der Waals surface area contributed by atoms with Gasteiger partial charge in [0.05, 0.1) is 0 Å². The van der Waals surface area contributed by atoms with E-state index in [0.29, 0.717) is 0 Å². The third-order valence-corrected chi connectivity index (χ3v) is 3.91. The van der Waals surface area contributed by atoms with Crippen LogP contribution >= 0.6 is 23.4 Å². The summed E-state index contributed by atoms with van der Waals surface area (Å²) in [5.74, 6) is 0. The topological polar surface area (TPSA) is 12.0 Å². The zero-order chi connectivity index (χ0) is 12.8. The molecule has 0 aliphatic heterocycles. The van der Waals surface area contributed by atoms with Crippen molar-refractivity contribution in [3.05, 3.63) is 59.1 Å². The minimum Gasteiger partial charge on any atom is -0.313 e. The molecule has 2 rings (SSSR count). The van der Waals surface area contributed by atoms with Crippen molar-refractivity contribution in [3.8, 4) is 0 Å². The second kappa shape index (κ2) is 6.83. The smallest absolute Gasteiger partial charge is 0.0417 e. The first-order valence-electron chi connectivity index (χ1n) is 6.01. The van der Waals surface area contributed by atoms with Crippen LogP contribution < -0.4 is 5.32 Å². The summed E-state index contributed by atoms with van der Waals surface area (Å²) < 4.78 is 0. The van der Waals surface area contributed by atoms with E-state index in [1.165, 1.54) is 15.4 Å². The van der Waals surface area contributed by atoms with Gasteiger partial charge < -0.3 is 5.32 Å². The summed E-state index contributed by atoms with van der Waals surface area (Å²) >= 11 is 7.84. The lowest BCUT2D eigenvalue weighted by molar-refractivity contribution is 0.718. The van der Waals surface area contributed by atoms with E-state index in [1.807, 2.05) is 18.2 Å². The van der Waals surface area contributed by atoms with Crippen LogP contribution in [0.3, 0.4) is 0 Å². The van der Waals surface area contributed by atoms with E-state index in [1.54, 1.807) is 11.8 Å². The summed E-state index contributed by atoms with van der Waals surface area (Å²) in [6.07, 6.45) is 0. The highest BCUT2D eigenvalue weighted by Gasteiger charge is 2.05. The average Bonchev–Trinajstić information content (AvgIpc) is 2.39. The van der Waals surface area contributed by atoms with Gasteiger partial charge in [-0.15, -0.1) is 0 Å². The van der Waals surface area contributed by atoms with Crippen molar-refractivity contribution in [2.24, 2.45) is 0 Å². The highest BCUT2D eigenvalue weighted by molar-refractivity contribution is 7.99. The average molecular weight is 278 g/mol. The number of halogens is 1. The van der Waals surface area contributed by atoms with Gasteiger partial charge in [-0.25, -0.2) is 0 Å². The van der Waals surface area contributed by atoms with Crippen LogP contribution in [-0.4, -0.2) is 6.54 Å². The molecule has 0 spiro atoms. The summed E-state index contributed by atoms with van der Waals surface area (Å²) in [7, 11) is 0. The molecule has 0 radical (unpaired) electrons. The van der Waals surface area contributed by atoms with Gasteiger partial charge in [-0.05, 0) is 36.4 Å². The molecule has 0 fully saturated rings. The van der Waals surface area contributed by atoms with E-state index in [4.69, 9.17) is 11.6 Å². The number of rotatable bonds is 5. The third kappa shape index (κ3) is 3.77. The lowest BCUT2D eigenvalue weighted by Gasteiger charge is -2.10. The van der Waals surface area contributed by atoms with Crippen LogP contribution in [0.5, 0.6) is 0 Å². The molecule has 2 aromatic carbocycles. The Morgan fingerprint density at radius 3 is 2.61 bits per heavy atom. The number of hydrogen-bond donors (Lipinski definition) is 1. The fourth-order valence-electron chi connectivity index (χ4n) is 1.64. The molecule has 0 aliphatic carbocycles. The van der Waals surface area contributed by atoms with Crippen LogP contribution in [0.4, 0.5) is 0 Å². The SMILES string of the molecule is CCNCc1ccc(Cl)cc1Sc1ccccc1. The summed E-state index contributed by atoms with van der Waals surface area (Å²) in [4.78, 5) is 2.45. The third-order valence-electron chi connectivity index (χ3n) is 2.57. The number of benzene rings is 2. The van der Waals surface area contributed by atoms with E-state index < -0.39 is 0 Å². The van der Waals surface area contributed by atoms with E-state index in [-0.39, 0.29) is 0 Å². The summed E-state index contributed by atoms with van der Waals surface area (Å²) in [6, 6.07) is 16.4. The molecule has 2 aromatic rings. The quantitative estimate of drug-likeness (QED) is 0.857. The van der Waals surface area contributed by atoms with Gasteiger partial charge in [-0.3, -0.25) is 0 Å². The van der Waals surface area contributed by atoms with Gasteiger partial charge in [0, 0.05) is 21.4 Å². The molecule has 0 heterocycles. The van der Waals surface area contributed by atoms with E-state index in [9.17, 15) is 0 Å². The van der Waals surface area contributed by atoms with Gasteiger partial charge in [0.15, 0.2) is 0 Å². The molecule has 0 atom stereocenters. The molecule has 0 amide bonds. The Morgan fingerprint density at radius 2 is 1.89 bits per heavy atom. The van der Waals surface area contributed by atoms with Crippen LogP contribution in [-0.2, 0) is 6.54 Å². The summed E-state index contributed by atoms with van der Waals surface area (Å²) in [6.45, 7) is 3.96. The van der Waals surface area contributed by atoms with E-state index >= 15 is 0 Å². The molecule has 0 aromatic heterocycles. The molecule has 0 aliphatic rings. The minimum absolute atomic E-state index is 0.786. The van der Waals surface area contributed by atoms with Crippen molar-refractivity contribution in [3.63, 3.8) is 0 Å². The highest BCUT2D eigenvalue weighted by Crippen LogP contribution is 2.32. The van der Waals surface area contributed by atoms with Gasteiger partial charge in [0.25, 0.3) is 0 Å². The zero-order valence-corrected chi connectivity index (χ0v) is 11.9. The van der Waals surface area contributed by atoms with Gasteiger partial charge in [0.2, 0.25) is 0 Å². The van der Waals surface area contributed by atoms with Crippen molar-refractivity contribution >= 4 is 23.4 Å². The molecular weight excluding hydrogens is 262 g/mol. The maximum absolute atomic E-state index is 6.08. The maximum Gasteiger partial charge on any atom is 0.0417 e. The zero-order valence-electron chi connectivity index (χ0n) is 10.3. The predicted octanol–water partition coefficient (Wildman–Crippen LogP) is 4.60. The maximum atomic E-state index is 6.08. The minimum atomic E-state index is 0.786. The van der Waals surface area contributed by atoms with Crippen LogP contribution in [0.15, 0.2) is 58.3 Å². The van der Waals surface area contributed by atoms with Crippen molar-refractivity contribution in [1.29, 1.82) is 0 Å². The Hall–Kier alpha value is -0.960. The normalized spacial score (nSPS) is 10.6. The Kier molecular flexibility index (Phi) is 5.12. The fraction of sp³-hybridized carbons (Fsp3) is 0.200. The molecule has 94 valence electrons. The molecule has 1 N–H and O–H groups in total. The Balaban J connectivity index is 2.22. The van der Waals surface area contributed by atoms with Crippen molar-refractivity contribution in [1.82, 2.24) is 5.32 Å². The first-order valence-corrected chi connectivity index (χ1v) is 7.21. The predicted molar refractivity (Wildman–Crippen MR) is 79.4 cm³/mol. The van der Waals surface area contributed by atoms with Crippen molar-refractivity contribution < 1.29 is 0 Å². The van der Waals surface area contributed by atoms with Crippen molar-refractivity contribution in [2.45, 2.75) is 23.3 Å². The lowest BCUT2D eigenvalue weighted by Crippen LogP contribution is -2.12. The summed E-state index contributed by atoms with van der Waals surface area (Å²) in [5, 5.41) is 4.14. The summed E-state index contributed by atoms with van der Waals surface area (Å²) in [5.41, 5.74) is 1.29. The molecule has 3 heteroatoms. The first kappa shape index (κ1) is 13.5. The van der Waals surface area contributed by atoms with Crippen LogP contribution in [0, 0.1) is 0 Å². The van der Waals surface area contributed by atoms with Crippen LogP contribution in [0.2, 0.25) is 5.02 Å². The van der Waals surface area contributed by atoms with Gasteiger partial charge in [-0.1, -0.05) is 54.6 Å². The Labute approximate surface area is 118 Å². The van der Waals surface area contributed by atoms with E-state index in [0.717, 1.165) is 18.1 Å². The second-order valence-corrected chi connectivity index (χ2v) is 5.50. The number of nitrogens with one attached hydrogen (secondary N) is 1. The standard InChI is InChI=1S/C15H16ClNS/c1-2-17-11-12-8-9-13(16)10-15(12)18-14-6-4-3-5-7-14/h3-10,17H,2,11H2,1H3. The molecule has 1 nitrogen and oxygen atoms in total. The molecule has 0 saturated heterocycles. The van der Waals surface area contributed by atoms with Gasteiger partial charge in [-0.2, -0.15) is 0 Å². The molecule has 18 heavy (non-hydrogen) atoms. The van der Waals surface area contributed by atoms with Crippen LogP contribution in [0.1, 0.15) is 12.5 Å². The van der Waals surface area contributed by atoms with Gasteiger partial charge in [0.1, 0.15) is 0 Å². The van der Waals surface area contributed by atoms with E-state index in [2.05, 4.69) is 42.6 Å². The molecule has 0 saturated carbocycles.